The van der Waals surface area contributed by atoms with Crippen LogP contribution in [0.5, 0.6) is 0 Å². The first-order valence-corrected chi connectivity index (χ1v) is 14.6. The smallest absolute Gasteiger partial charge is 0.309 e. The molecule has 0 aliphatic carbocycles. The summed E-state index contributed by atoms with van der Waals surface area (Å²) < 4.78 is 5.74. The molecule has 1 heterocycles. The van der Waals surface area contributed by atoms with Crippen LogP contribution in [-0.2, 0) is 38.5 Å². The van der Waals surface area contributed by atoms with Gasteiger partial charge in [0.05, 0.1) is 31.0 Å². The SMILES string of the molecule is C=CCCCC(Cc1ccccc1)C(=O)OC(C)CNC(=O)C(CC=C)CC(=O)N1Cc2ccccc2CC1CO. The lowest BCUT2D eigenvalue weighted by molar-refractivity contribution is -0.153. The zero-order valence-electron chi connectivity index (χ0n) is 24.2. The van der Waals surface area contributed by atoms with Gasteiger partial charge in [-0.15, -0.1) is 13.2 Å². The van der Waals surface area contributed by atoms with E-state index in [-0.39, 0.29) is 49.3 Å². The molecule has 2 amide bonds. The lowest BCUT2D eigenvalue weighted by Crippen LogP contribution is -2.47. The van der Waals surface area contributed by atoms with E-state index in [9.17, 15) is 19.5 Å². The molecule has 0 aromatic heterocycles. The van der Waals surface area contributed by atoms with Gasteiger partial charge < -0.3 is 20.1 Å². The van der Waals surface area contributed by atoms with Crippen molar-refractivity contribution < 1.29 is 24.2 Å². The molecule has 0 fully saturated rings. The first-order valence-electron chi connectivity index (χ1n) is 14.6. The summed E-state index contributed by atoms with van der Waals surface area (Å²) in [4.78, 5) is 41.2. The number of rotatable bonds is 16. The highest BCUT2D eigenvalue weighted by Gasteiger charge is 2.32. The monoisotopic (exact) mass is 560 g/mol. The van der Waals surface area contributed by atoms with Crippen LogP contribution >= 0.6 is 0 Å². The maximum absolute atomic E-state index is 13.3. The van der Waals surface area contributed by atoms with Crippen molar-refractivity contribution in [2.24, 2.45) is 11.8 Å². The number of esters is 1. The van der Waals surface area contributed by atoms with E-state index in [1.165, 1.54) is 0 Å². The molecule has 220 valence electrons. The Morgan fingerprint density at radius 3 is 2.44 bits per heavy atom. The lowest BCUT2D eigenvalue weighted by atomic mass is 9.92. The third-order valence-electron chi connectivity index (χ3n) is 7.63. The Bertz CT molecular complexity index is 1160. The van der Waals surface area contributed by atoms with Crippen molar-refractivity contribution >= 4 is 17.8 Å². The molecule has 0 bridgehead atoms. The number of aliphatic hydroxyl groups excluding tert-OH is 1. The van der Waals surface area contributed by atoms with E-state index >= 15 is 0 Å². The van der Waals surface area contributed by atoms with E-state index < -0.39 is 12.0 Å². The minimum atomic E-state index is -0.607. The zero-order chi connectivity index (χ0) is 29.6. The van der Waals surface area contributed by atoms with E-state index in [0.717, 1.165) is 29.5 Å². The number of fused-ring (bicyclic) bond motifs is 1. The number of ether oxygens (including phenoxy) is 1. The summed E-state index contributed by atoms with van der Waals surface area (Å²) in [5.41, 5.74) is 3.26. The van der Waals surface area contributed by atoms with Gasteiger partial charge in [-0.2, -0.15) is 0 Å². The van der Waals surface area contributed by atoms with Crippen LogP contribution in [0.3, 0.4) is 0 Å². The number of nitrogens with zero attached hydrogens (tertiary/aromatic N) is 1. The Labute approximate surface area is 244 Å². The normalized spacial score (nSPS) is 16.5. The van der Waals surface area contributed by atoms with Crippen molar-refractivity contribution in [2.45, 2.75) is 70.6 Å². The fraction of sp³-hybridized carbons (Fsp3) is 0.441. The number of nitrogens with one attached hydrogen (secondary N) is 1. The number of hydrogen-bond donors (Lipinski definition) is 2. The minimum absolute atomic E-state index is 0.00709. The third-order valence-corrected chi connectivity index (χ3v) is 7.63. The van der Waals surface area contributed by atoms with Gasteiger partial charge in [-0.05, 0) is 62.1 Å². The molecule has 4 atom stereocenters. The van der Waals surface area contributed by atoms with Gasteiger partial charge in [0.2, 0.25) is 11.8 Å². The quantitative estimate of drug-likeness (QED) is 0.175. The van der Waals surface area contributed by atoms with E-state index in [0.29, 0.717) is 32.2 Å². The van der Waals surface area contributed by atoms with Crippen LogP contribution in [-0.4, -0.2) is 53.1 Å². The Kier molecular flexibility index (Phi) is 12.8. The number of hydrogen-bond acceptors (Lipinski definition) is 5. The molecule has 41 heavy (non-hydrogen) atoms. The van der Waals surface area contributed by atoms with Crippen molar-refractivity contribution in [2.75, 3.05) is 13.2 Å². The molecule has 1 aliphatic rings. The Balaban J connectivity index is 1.55. The third kappa shape index (κ3) is 9.71. The molecule has 7 nitrogen and oxygen atoms in total. The maximum Gasteiger partial charge on any atom is 0.309 e. The molecular formula is C34H44N2O5. The number of unbranched alkanes of at least 4 members (excludes halogenated alkanes) is 1. The molecule has 0 saturated heterocycles. The fourth-order valence-corrected chi connectivity index (χ4v) is 5.29. The number of carbonyl (C=O) groups is 3. The van der Waals surface area contributed by atoms with Crippen molar-refractivity contribution in [3.63, 3.8) is 0 Å². The summed E-state index contributed by atoms with van der Waals surface area (Å²) in [6.45, 7) is 9.70. The average Bonchev–Trinajstić information content (AvgIpc) is 2.98. The zero-order valence-corrected chi connectivity index (χ0v) is 24.2. The van der Waals surface area contributed by atoms with E-state index in [2.05, 4.69) is 18.5 Å². The molecule has 1 aliphatic heterocycles. The number of carbonyl (C=O) groups excluding carboxylic acids is 3. The second-order valence-electron chi connectivity index (χ2n) is 10.9. The summed E-state index contributed by atoms with van der Waals surface area (Å²) in [6.07, 6.45) is 6.84. The first-order chi connectivity index (χ1) is 19.9. The highest BCUT2D eigenvalue weighted by molar-refractivity contribution is 5.86. The second kappa shape index (κ2) is 16.5. The molecule has 2 aromatic carbocycles. The highest BCUT2D eigenvalue weighted by atomic mass is 16.5. The standard InChI is InChI=1S/C34H44N2O5/c1-4-6-8-17-29(19-26-14-9-7-10-15-26)34(40)41-25(3)22-35-33(39)28(13-5-2)21-32(38)36-23-30-18-12-11-16-27(30)20-31(36)24-37/h4-5,7,9-12,14-16,18,25,28-29,31,37H,1-2,6,8,13,17,19-24H2,3H3,(H,35,39). The fourth-order valence-electron chi connectivity index (χ4n) is 5.29. The molecule has 0 saturated carbocycles. The van der Waals surface area contributed by atoms with Crippen LogP contribution in [0.4, 0.5) is 0 Å². The topological polar surface area (TPSA) is 95.9 Å². The van der Waals surface area contributed by atoms with Crippen LogP contribution < -0.4 is 5.32 Å². The molecule has 0 radical (unpaired) electrons. The molecule has 4 unspecified atom stereocenters. The van der Waals surface area contributed by atoms with Crippen molar-refractivity contribution in [1.29, 1.82) is 0 Å². The summed E-state index contributed by atoms with van der Waals surface area (Å²) >= 11 is 0. The largest absolute Gasteiger partial charge is 0.461 e. The van der Waals surface area contributed by atoms with Crippen LogP contribution in [0.25, 0.3) is 0 Å². The predicted octanol–water partition coefficient (Wildman–Crippen LogP) is 4.78. The highest BCUT2D eigenvalue weighted by Crippen LogP contribution is 2.25. The molecule has 2 aromatic rings. The summed E-state index contributed by atoms with van der Waals surface area (Å²) in [7, 11) is 0. The van der Waals surface area contributed by atoms with Crippen LogP contribution in [0.1, 0.15) is 55.7 Å². The van der Waals surface area contributed by atoms with Crippen LogP contribution in [0.2, 0.25) is 0 Å². The molecular weight excluding hydrogens is 516 g/mol. The number of allylic oxidation sites excluding steroid dienone is 2. The lowest BCUT2D eigenvalue weighted by Gasteiger charge is -2.36. The van der Waals surface area contributed by atoms with Gasteiger partial charge in [-0.1, -0.05) is 66.7 Å². The Hall–Kier alpha value is -3.71. The summed E-state index contributed by atoms with van der Waals surface area (Å²) in [5.74, 6) is -1.63. The average molecular weight is 561 g/mol. The first kappa shape index (κ1) is 31.8. The summed E-state index contributed by atoms with van der Waals surface area (Å²) in [6, 6.07) is 17.5. The van der Waals surface area contributed by atoms with E-state index in [4.69, 9.17) is 4.74 Å². The Morgan fingerprint density at radius 1 is 1.05 bits per heavy atom. The van der Waals surface area contributed by atoms with Crippen molar-refractivity contribution in [1.82, 2.24) is 10.2 Å². The van der Waals surface area contributed by atoms with E-state index in [1.54, 1.807) is 17.9 Å². The van der Waals surface area contributed by atoms with E-state index in [1.807, 2.05) is 60.7 Å². The molecule has 0 spiro atoms. The number of benzene rings is 2. The molecule has 3 rings (SSSR count). The van der Waals surface area contributed by atoms with Crippen molar-refractivity contribution in [3.8, 4) is 0 Å². The predicted molar refractivity (Wildman–Crippen MR) is 161 cm³/mol. The number of amides is 2. The second-order valence-corrected chi connectivity index (χ2v) is 10.9. The van der Waals surface area contributed by atoms with Gasteiger partial charge in [-0.3, -0.25) is 14.4 Å². The van der Waals surface area contributed by atoms with Gasteiger partial charge in [0.15, 0.2) is 0 Å². The van der Waals surface area contributed by atoms with Gasteiger partial charge >= 0.3 is 5.97 Å². The molecule has 7 heteroatoms. The Morgan fingerprint density at radius 2 is 1.76 bits per heavy atom. The van der Waals surface area contributed by atoms with Gasteiger partial charge in [0.25, 0.3) is 0 Å². The van der Waals surface area contributed by atoms with Gasteiger partial charge in [0.1, 0.15) is 6.10 Å². The van der Waals surface area contributed by atoms with Crippen LogP contribution in [0, 0.1) is 11.8 Å². The van der Waals surface area contributed by atoms with Gasteiger partial charge in [0, 0.05) is 13.0 Å². The number of aliphatic hydroxyl groups is 1. The van der Waals surface area contributed by atoms with Crippen molar-refractivity contribution in [3.05, 3.63) is 96.6 Å². The summed E-state index contributed by atoms with van der Waals surface area (Å²) in [5, 5.41) is 12.8. The van der Waals surface area contributed by atoms with Gasteiger partial charge in [-0.25, -0.2) is 0 Å². The minimum Gasteiger partial charge on any atom is -0.461 e. The molecule has 2 N–H and O–H groups in total. The van der Waals surface area contributed by atoms with Crippen LogP contribution in [0.15, 0.2) is 79.9 Å². The maximum atomic E-state index is 13.3.